The van der Waals surface area contributed by atoms with Crippen LogP contribution in [0.1, 0.15) is 12.8 Å². The number of nitrogens with zero attached hydrogens (tertiary/aromatic N) is 3. The summed E-state index contributed by atoms with van der Waals surface area (Å²) in [4.78, 5) is 42.0. The topological polar surface area (TPSA) is 91.4 Å². The minimum Gasteiger partial charge on any atom is -0.495 e. The second-order valence-corrected chi connectivity index (χ2v) is 7.30. The average molecular weight is 425 g/mol. The first-order chi connectivity index (χ1) is 13.9. The maximum atomic E-state index is 12.6. The van der Waals surface area contributed by atoms with Gasteiger partial charge in [0.25, 0.3) is 0 Å². The standard InChI is InChI=1S/C19H25ClN4O5/c1-28-15-12-14(16(29-2)11-13(15)20)21-19(27)24-9-7-23(8-10-24)18(26)17(25)22-5-3-4-6-22/h11-12H,3-10H2,1-2H3,(H,21,27). The van der Waals surface area contributed by atoms with Crippen LogP contribution >= 0.6 is 11.6 Å². The van der Waals surface area contributed by atoms with Crippen LogP contribution in [0, 0.1) is 0 Å². The number of nitrogens with one attached hydrogen (secondary N) is 1. The number of hydrogen-bond donors (Lipinski definition) is 1. The summed E-state index contributed by atoms with van der Waals surface area (Å²) in [6.45, 7) is 2.56. The molecule has 1 aromatic rings. The van der Waals surface area contributed by atoms with Crippen molar-refractivity contribution < 1.29 is 23.9 Å². The molecule has 0 aliphatic carbocycles. The number of piperazine rings is 1. The van der Waals surface area contributed by atoms with Crippen molar-refractivity contribution in [3.63, 3.8) is 0 Å². The zero-order valence-corrected chi connectivity index (χ0v) is 17.3. The predicted molar refractivity (Wildman–Crippen MR) is 108 cm³/mol. The van der Waals surface area contributed by atoms with Crippen LogP contribution in [0.25, 0.3) is 0 Å². The molecular formula is C19H25ClN4O5. The fraction of sp³-hybridized carbons (Fsp3) is 0.526. The number of benzene rings is 1. The van der Waals surface area contributed by atoms with Gasteiger partial charge in [-0.25, -0.2) is 4.79 Å². The molecule has 2 fully saturated rings. The lowest BCUT2D eigenvalue weighted by Crippen LogP contribution is -2.54. The van der Waals surface area contributed by atoms with E-state index in [1.807, 2.05) is 0 Å². The van der Waals surface area contributed by atoms with Crippen LogP contribution in [0.5, 0.6) is 11.5 Å². The van der Waals surface area contributed by atoms with Crippen molar-refractivity contribution in [1.82, 2.24) is 14.7 Å². The largest absolute Gasteiger partial charge is 0.495 e. The third kappa shape index (κ3) is 4.67. The minimum atomic E-state index is -0.490. The Kier molecular flexibility index (Phi) is 6.68. The molecule has 0 saturated carbocycles. The first-order valence-electron chi connectivity index (χ1n) is 9.50. The van der Waals surface area contributed by atoms with Gasteiger partial charge in [0, 0.05) is 51.4 Å². The van der Waals surface area contributed by atoms with Gasteiger partial charge < -0.3 is 29.5 Å². The van der Waals surface area contributed by atoms with Gasteiger partial charge in [0.1, 0.15) is 11.5 Å². The van der Waals surface area contributed by atoms with E-state index in [9.17, 15) is 14.4 Å². The van der Waals surface area contributed by atoms with E-state index in [4.69, 9.17) is 21.1 Å². The lowest BCUT2D eigenvalue weighted by atomic mass is 10.2. The number of methoxy groups -OCH3 is 2. The number of rotatable bonds is 3. The zero-order chi connectivity index (χ0) is 21.0. The summed E-state index contributed by atoms with van der Waals surface area (Å²) >= 11 is 6.09. The van der Waals surface area contributed by atoms with Crippen molar-refractivity contribution in [2.24, 2.45) is 0 Å². The number of amides is 4. The highest BCUT2D eigenvalue weighted by Crippen LogP contribution is 2.36. The Hall–Kier alpha value is -2.68. The van der Waals surface area contributed by atoms with Crippen molar-refractivity contribution in [2.75, 3.05) is 58.8 Å². The molecule has 10 heteroatoms. The zero-order valence-electron chi connectivity index (χ0n) is 16.6. The normalized spacial score (nSPS) is 16.6. The molecule has 0 spiro atoms. The van der Waals surface area contributed by atoms with Gasteiger partial charge in [0.05, 0.1) is 24.9 Å². The van der Waals surface area contributed by atoms with Gasteiger partial charge >= 0.3 is 17.8 Å². The molecule has 4 amide bonds. The van der Waals surface area contributed by atoms with Gasteiger partial charge in [-0.1, -0.05) is 11.6 Å². The lowest BCUT2D eigenvalue weighted by Gasteiger charge is -2.35. The molecule has 0 unspecified atom stereocenters. The molecule has 2 aliphatic rings. The molecule has 158 valence electrons. The molecule has 2 saturated heterocycles. The van der Waals surface area contributed by atoms with Crippen LogP contribution in [-0.4, -0.2) is 86.0 Å². The number of likely N-dealkylation sites (tertiary alicyclic amines) is 1. The molecule has 29 heavy (non-hydrogen) atoms. The van der Waals surface area contributed by atoms with Gasteiger partial charge in [0.2, 0.25) is 0 Å². The van der Waals surface area contributed by atoms with Crippen LogP contribution in [0.3, 0.4) is 0 Å². The summed E-state index contributed by atoms with van der Waals surface area (Å²) < 4.78 is 10.5. The van der Waals surface area contributed by atoms with Crippen LogP contribution in [0.2, 0.25) is 5.02 Å². The summed E-state index contributed by atoms with van der Waals surface area (Å²) in [6, 6.07) is 2.83. The highest BCUT2D eigenvalue weighted by molar-refractivity contribution is 6.35. The van der Waals surface area contributed by atoms with Gasteiger partial charge in [-0.3, -0.25) is 9.59 Å². The van der Waals surface area contributed by atoms with Gasteiger partial charge in [-0.15, -0.1) is 0 Å². The summed E-state index contributed by atoms with van der Waals surface area (Å²) in [5.74, 6) is -0.109. The fourth-order valence-corrected chi connectivity index (χ4v) is 3.69. The van der Waals surface area contributed by atoms with E-state index < -0.39 is 11.8 Å². The maximum Gasteiger partial charge on any atom is 0.322 e. The van der Waals surface area contributed by atoms with Crippen molar-refractivity contribution in [1.29, 1.82) is 0 Å². The first-order valence-corrected chi connectivity index (χ1v) is 9.88. The van der Waals surface area contributed by atoms with E-state index in [1.165, 1.54) is 19.1 Å². The predicted octanol–water partition coefficient (Wildman–Crippen LogP) is 1.66. The molecule has 1 aromatic carbocycles. The van der Waals surface area contributed by atoms with Gasteiger partial charge in [-0.2, -0.15) is 0 Å². The van der Waals surface area contributed by atoms with Crippen LogP contribution in [0.4, 0.5) is 10.5 Å². The molecule has 3 rings (SSSR count). The molecule has 0 aromatic heterocycles. The van der Waals surface area contributed by atoms with Crippen LogP contribution in [0.15, 0.2) is 12.1 Å². The Morgan fingerprint density at radius 1 is 0.828 bits per heavy atom. The van der Waals surface area contributed by atoms with Crippen molar-refractivity contribution in [3.8, 4) is 11.5 Å². The number of halogens is 1. The Morgan fingerprint density at radius 3 is 1.90 bits per heavy atom. The van der Waals surface area contributed by atoms with E-state index in [2.05, 4.69) is 5.32 Å². The fourth-order valence-electron chi connectivity index (χ4n) is 3.46. The molecule has 0 atom stereocenters. The number of ether oxygens (including phenoxy) is 2. The van der Waals surface area contributed by atoms with E-state index in [1.54, 1.807) is 21.9 Å². The third-order valence-electron chi connectivity index (χ3n) is 5.15. The quantitative estimate of drug-likeness (QED) is 0.745. The first kappa shape index (κ1) is 21.0. The Labute approximate surface area is 174 Å². The number of carbonyl (C=O) groups is 3. The number of carbonyl (C=O) groups excluding carboxylic acids is 3. The molecule has 0 radical (unpaired) electrons. The highest BCUT2D eigenvalue weighted by Gasteiger charge is 2.32. The minimum absolute atomic E-state index is 0.312. The van der Waals surface area contributed by atoms with Gasteiger partial charge in [0.15, 0.2) is 0 Å². The molecule has 0 bridgehead atoms. The second kappa shape index (κ2) is 9.21. The summed E-state index contributed by atoms with van der Waals surface area (Å²) in [5, 5.41) is 3.16. The Morgan fingerprint density at radius 2 is 1.34 bits per heavy atom. The smallest absolute Gasteiger partial charge is 0.322 e. The van der Waals surface area contributed by atoms with Crippen LogP contribution in [-0.2, 0) is 9.59 Å². The van der Waals surface area contributed by atoms with Crippen molar-refractivity contribution in [3.05, 3.63) is 17.2 Å². The maximum absolute atomic E-state index is 12.6. The third-order valence-corrected chi connectivity index (χ3v) is 5.44. The second-order valence-electron chi connectivity index (χ2n) is 6.90. The molecule has 2 aliphatic heterocycles. The molecular weight excluding hydrogens is 400 g/mol. The van der Waals surface area contributed by atoms with Crippen LogP contribution < -0.4 is 14.8 Å². The molecule has 1 N–H and O–H groups in total. The Bertz CT molecular complexity index is 789. The number of anilines is 1. The summed E-state index contributed by atoms with van der Waals surface area (Å²) in [6.07, 6.45) is 1.87. The molecule has 9 nitrogen and oxygen atoms in total. The Balaban J connectivity index is 1.58. The number of hydrogen-bond acceptors (Lipinski definition) is 5. The van der Waals surface area contributed by atoms with E-state index in [-0.39, 0.29) is 6.03 Å². The SMILES string of the molecule is COc1cc(NC(=O)N2CCN(C(=O)C(=O)N3CCCC3)CC2)c(OC)cc1Cl. The van der Waals surface area contributed by atoms with Crippen molar-refractivity contribution in [2.45, 2.75) is 12.8 Å². The number of urea groups is 1. The van der Waals surface area contributed by atoms with E-state index in [0.717, 1.165) is 12.8 Å². The van der Waals surface area contributed by atoms with E-state index >= 15 is 0 Å². The lowest BCUT2D eigenvalue weighted by molar-refractivity contribution is -0.152. The average Bonchev–Trinajstić information content (AvgIpc) is 3.28. The highest BCUT2D eigenvalue weighted by atomic mass is 35.5. The van der Waals surface area contributed by atoms with Gasteiger partial charge in [-0.05, 0) is 12.8 Å². The molecule has 2 heterocycles. The summed E-state index contributed by atoms with van der Waals surface area (Å²) in [7, 11) is 2.97. The summed E-state index contributed by atoms with van der Waals surface area (Å²) in [5.41, 5.74) is 0.432. The van der Waals surface area contributed by atoms with E-state index in [0.29, 0.717) is 61.5 Å². The monoisotopic (exact) mass is 424 g/mol. The van der Waals surface area contributed by atoms with Crippen molar-refractivity contribution >= 4 is 35.1 Å².